The smallest absolute Gasteiger partial charge is 0.302 e. The molecule has 5 nitrogen and oxygen atoms in total. The number of carbonyl (C=O) groups excluding carboxylic acids is 1. The molecule has 0 unspecified atom stereocenters. The molecule has 0 aliphatic rings. The van der Waals surface area contributed by atoms with E-state index in [9.17, 15) is 14.0 Å². The Kier molecular flexibility index (Phi) is 6.20. The molecular weight excluding hydrogens is 431 g/mol. The summed E-state index contributed by atoms with van der Waals surface area (Å²) < 4.78 is 22.1. The van der Waals surface area contributed by atoms with E-state index < -0.39 is 11.7 Å². The molecule has 0 aliphatic carbocycles. The van der Waals surface area contributed by atoms with E-state index in [0.29, 0.717) is 39.9 Å². The first-order chi connectivity index (χ1) is 16.3. The highest BCUT2D eigenvalue weighted by Gasteiger charge is 2.19. The molecule has 34 heavy (non-hydrogen) atoms. The molecule has 1 amide bonds. The van der Waals surface area contributed by atoms with Gasteiger partial charge in [-0.3, -0.25) is 9.59 Å². The lowest BCUT2D eigenvalue weighted by Crippen LogP contribution is -2.29. The van der Waals surface area contributed by atoms with Crippen molar-refractivity contribution in [2.75, 3.05) is 11.4 Å². The maximum absolute atomic E-state index is 14.6. The van der Waals surface area contributed by atoms with Crippen molar-refractivity contribution >= 4 is 22.4 Å². The number of hydrogen-bond acceptors (Lipinski definition) is 3. The van der Waals surface area contributed by atoms with E-state index in [1.54, 1.807) is 62.6 Å². The minimum atomic E-state index is -0.488. The number of terminal acetylenes is 1. The highest BCUT2D eigenvalue weighted by Crippen LogP contribution is 2.39. The second-order valence-electron chi connectivity index (χ2n) is 7.91. The zero-order chi connectivity index (χ0) is 24.4. The van der Waals surface area contributed by atoms with E-state index in [-0.39, 0.29) is 11.3 Å². The molecular formula is C28H23FN2O3. The van der Waals surface area contributed by atoms with Gasteiger partial charge < -0.3 is 14.2 Å². The lowest BCUT2D eigenvalue weighted by atomic mass is 9.99. The number of anilines is 1. The van der Waals surface area contributed by atoms with Crippen LogP contribution in [0.2, 0.25) is 0 Å². The fourth-order valence-electron chi connectivity index (χ4n) is 3.94. The number of benzene rings is 3. The van der Waals surface area contributed by atoms with Gasteiger partial charge in [0.2, 0.25) is 0 Å². The molecule has 4 aromatic rings. The molecule has 0 radical (unpaired) electrons. The molecule has 0 N–H and O–H groups in total. The number of ether oxygens (including phenoxy) is 1. The van der Waals surface area contributed by atoms with Crippen LogP contribution >= 0.6 is 0 Å². The molecule has 1 heterocycles. The molecule has 6 heteroatoms. The number of pyridine rings is 1. The number of fused-ring (bicyclic) bond motifs is 1. The fraction of sp³-hybridized carbons (Fsp3) is 0.143. The van der Waals surface area contributed by atoms with Gasteiger partial charge in [0.15, 0.2) is 11.6 Å². The highest BCUT2D eigenvalue weighted by molar-refractivity contribution is 6.06. The van der Waals surface area contributed by atoms with Crippen LogP contribution in [0.15, 0.2) is 71.7 Å². The Morgan fingerprint density at radius 2 is 1.76 bits per heavy atom. The number of aryl methyl sites for hydroxylation is 2. The third-order valence-corrected chi connectivity index (χ3v) is 5.65. The summed E-state index contributed by atoms with van der Waals surface area (Å²) in [6, 6.07) is 17.1. The van der Waals surface area contributed by atoms with Gasteiger partial charge in [-0.05, 0) is 67.1 Å². The summed E-state index contributed by atoms with van der Waals surface area (Å²) in [5, 5.41) is 1.25. The van der Waals surface area contributed by atoms with Crippen molar-refractivity contribution in [3.63, 3.8) is 0 Å². The highest BCUT2D eigenvalue weighted by atomic mass is 19.1. The fourth-order valence-corrected chi connectivity index (χ4v) is 3.94. The van der Waals surface area contributed by atoms with E-state index in [1.165, 1.54) is 15.5 Å². The molecule has 0 saturated heterocycles. The van der Waals surface area contributed by atoms with Gasteiger partial charge in [0.25, 0.3) is 5.56 Å². The Morgan fingerprint density at radius 1 is 1.06 bits per heavy atom. The topological polar surface area (TPSA) is 51.5 Å². The standard InChI is InChI=1S/C28H23FN2O3/c1-5-27(32)31(6-2)19-12-14-25(34-26-13-11-18(3)15-24(26)29)22(16-19)23-17-30(4)28(33)21-10-8-7-9-20(21)23/h1,7-17H,6H2,2-4H3. The van der Waals surface area contributed by atoms with Gasteiger partial charge in [0.1, 0.15) is 5.75 Å². The monoisotopic (exact) mass is 454 g/mol. The zero-order valence-corrected chi connectivity index (χ0v) is 19.1. The van der Waals surface area contributed by atoms with Gasteiger partial charge in [-0.15, -0.1) is 6.42 Å². The van der Waals surface area contributed by atoms with Crippen molar-refractivity contribution in [2.45, 2.75) is 13.8 Å². The Labute approximate surface area is 197 Å². The predicted molar refractivity (Wildman–Crippen MR) is 133 cm³/mol. The van der Waals surface area contributed by atoms with Crippen molar-refractivity contribution in [3.8, 4) is 35.0 Å². The first-order valence-electron chi connectivity index (χ1n) is 10.8. The third kappa shape index (κ3) is 4.16. The molecule has 0 bridgehead atoms. The molecule has 1 aromatic heterocycles. The first-order valence-corrected chi connectivity index (χ1v) is 10.8. The first kappa shape index (κ1) is 22.8. The number of amides is 1. The SMILES string of the molecule is C#CC(=O)N(CC)c1ccc(Oc2ccc(C)cc2F)c(-c2cn(C)c(=O)c3ccccc23)c1. The summed E-state index contributed by atoms with van der Waals surface area (Å²) in [6.45, 7) is 3.98. The average Bonchev–Trinajstić information content (AvgIpc) is 2.84. The summed E-state index contributed by atoms with van der Waals surface area (Å²) in [5.41, 5.74) is 2.49. The Morgan fingerprint density at radius 3 is 2.44 bits per heavy atom. The van der Waals surface area contributed by atoms with E-state index in [2.05, 4.69) is 5.92 Å². The number of halogens is 1. The van der Waals surface area contributed by atoms with Crippen LogP contribution in [0.3, 0.4) is 0 Å². The van der Waals surface area contributed by atoms with E-state index >= 15 is 0 Å². The van der Waals surface area contributed by atoms with Gasteiger partial charge in [-0.25, -0.2) is 4.39 Å². The molecule has 0 saturated carbocycles. The lowest BCUT2D eigenvalue weighted by molar-refractivity contribution is -0.113. The van der Waals surface area contributed by atoms with E-state index in [4.69, 9.17) is 11.2 Å². The number of rotatable bonds is 5. The van der Waals surface area contributed by atoms with Crippen LogP contribution in [0, 0.1) is 25.1 Å². The van der Waals surface area contributed by atoms with Crippen molar-refractivity contribution in [1.29, 1.82) is 0 Å². The largest absolute Gasteiger partial charge is 0.454 e. The molecule has 3 aromatic carbocycles. The van der Waals surface area contributed by atoms with Crippen LogP contribution < -0.4 is 15.2 Å². The maximum Gasteiger partial charge on any atom is 0.302 e. The lowest BCUT2D eigenvalue weighted by Gasteiger charge is -2.21. The van der Waals surface area contributed by atoms with Crippen LogP contribution in [0.1, 0.15) is 12.5 Å². The number of hydrogen-bond donors (Lipinski definition) is 0. The quantitative estimate of drug-likeness (QED) is 0.378. The van der Waals surface area contributed by atoms with Crippen molar-refractivity contribution in [3.05, 3.63) is 88.6 Å². The molecule has 0 atom stereocenters. The minimum Gasteiger partial charge on any atom is -0.454 e. The van der Waals surface area contributed by atoms with Crippen LogP contribution in [0.5, 0.6) is 11.5 Å². The average molecular weight is 455 g/mol. The van der Waals surface area contributed by atoms with Gasteiger partial charge in [0, 0.05) is 42.0 Å². The Balaban J connectivity index is 1.99. The zero-order valence-electron chi connectivity index (χ0n) is 19.1. The third-order valence-electron chi connectivity index (χ3n) is 5.65. The van der Waals surface area contributed by atoms with Crippen molar-refractivity contribution < 1.29 is 13.9 Å². The molecule has 4 rings (SSSR count). The second-order valence-corrected chi connectivity index (χ2v) is 7.91. The summed E-state index contributed by atoms with van der Waals surface area (Å²) in [5.74, 6) is 1.63. The van der Waals surface area contributed by atoms with Crippen LogP contribution in [-0.4, -0.2) is 17.0 Å². The summed E-state index contributed by atoms with van der Waals surface area (Å²) in [6.07, 6.45) is 7.07. The number of carbonyl (C=O) groups is 1. The van der Waals surface area contributed by atoms with Crippen molar-refractivity contribution in [1.82, 2.24) is 4.57 Å². The summed E-state index contributed by atoms with van der Waals surface area (Å²) in [7, 11) is 1.67. The summed E-state index contributed by atoms with van der Waals surface area (Å²) >= 11 is 0. The number of nitrogens with zero attached hydrogens (tertiary/aromatic N) is 2. The van der Waals surface area contributed by atoms with Crippen LogP contribution in [0.4, 0.5) is 10.1 Å². The predicted octanol–water partition coefficient (Wildman–Crippen LogP) is 5.43. The van der Waals surface area contributed by atoms with Gasteiger partial charge in [0.05, 0.1) is 0 Å². The maximum atomic E-state index is 14.6. The minimum absolute atomic E-state index is 0.0702. The number of aromatic nitrogens is 1. The normalized spacial score (nSPS) is 10.7. The second kappa shape index (κ2) is 9.24. The molecule has 0 fully saturated rings. The van der Waals surface area contributed by atoms with E-state index in [1.807, 2.05) is 19.1 Å². The Hall–Kier alpha value is -4.37. The van der Waals surface area contributed by atoms with Gasteiger partial charge >= 0.3 is 5.91 Å². The summed E-state index contributed by atoms with van der Waals surface area (Å²) in [4.78, 5) is 26.5. The Bertz CT molecular complexity index is 1510. The molecule has 170 valence electrons. The van der Waals surface area contributed by atoms with E-state index in [0.717, 1.165) is 5.56 Å². The van der Waals surface area contributed by atoms with Crippen LogP contribution in [0.25, 0.3) is 21.9 Å². The van der Waals surface area contributed by atoms with Gasteiger partial charge in [-0.2, -0.15) is 0 Å². The molecule has 0 spiro atoms. The van der Waals surface area contributed by atoms with Crippen LogP contribution in [-0.2, 0) is 11.8 Å². The van der Waals surface area contributed by atoms with Gasteiger partial charge in [-0.1, -0.05) is 24.3 Å². The molecule has 0 aliphatic heterocycles. The van der Waals surface area contributed by atoms with Crippen molar-refractivity contribution in [2.24, 2.45) is 7.05 Å².